The van der Waals surface area contributed by atoms with Crippen LogP contribution in [0.3, 0.4) is 0 Å². The topological polar surface area (TPSA) is 38.3 Å². The number of benzene rings is 1. The van der Waals surface area contributed by atoms with Gasteiger partial charge < -0.3 is 4.74 Å². The van der Waals surface area contributed by atoms with E-state index >= 15 is 0 Å². The van der Waals surface area contributed by atoms with Crippen molar-refractivity contribution in [1.82, 2.24) is 5.32 Å². The number of hydrogen-bond donors (Lipinski definition) is 1. The number of halogens is 1. The van der Waals surface area contributed by atoms with Crippen LogP contribution < -0.4 is 5.32 Å². The largest absolute Gasteiger partial charge is 0.464 e. The van der Waals surface area contributed by atoms with Gasteiger partial charge in [-0.05, 0) is 55.8 Å². The molecule has 2 rings (SSSR count). The van der Waals surface area contributed by atoms with Crippen molar-refractivity contribution in [2.24, 2.45) is 11.8 Å². The van der Waals surface area contributed by atoms with Gasteiger partial charge in [-0.1, -0.05) is 37.6 Å². The minimum absolute atomic E-state index is 0.171. The van der Waals surface area contributed by atoms with Crippen molar-refractivity contribution < 1.29 is 9.53 Å². The van der Waals surface area contributed by atoms with Crippen LogP contribution in [-0.2, 0) is 15.1 Å². The Balaban J connectivity index is 2.39. The predicted octanol–water partition coefficient (Wildman–Crippen LogP) is 3.75. The van der Waals surface area contributed by atoms with Crippen LogP contribution >= 0.6 is 11.6 Å². The molecule has 1 fully saturated rings. The highest BCUT2D eigenvalue weighted by Gasteiger charge is 2.53. The molecule has 1 aromatic carbocycles. The summed E-state index contributed by atoms with van der Waals surface area (Å²) in [5, 5.41) is 4.17. The molecule has 1 unspecified atom stereocenters. The molecular weight excluding hydrogens is 286 g/mol. The van der Waals surface area contributed by atoms with Crippen LogP contribution in [0.5, 0.6) is 0 Å². The quantitative estimate of drug-likeness (QED) is 0.780. The van der Waals surface area contributed by atoms with Crippen molar-refractivity contribution in [3.63, 3.8) is 0 Å². The van der Waals surface area contributed by atoms with Gasteiger partial charge in [0, 0.05) is 5.02 Å². The average molecular weight is 310 g/mol. The van der Waals surface area contributed by atoms with E-state index in [-0.39, 0.29) is 5.97 Å². The first kappa shape index (κ1) is 16.3. The Bertz CT molecular complexity index is 482. The Hall–Kier alpha value is -1.06. The number of hydrogen-bond acceptors (Lipinski definition) is 3. The SMILES string of the molecule is CCOC(=O)C(NCC(C)C)(c1ccc(Cl)cc1)C1CC1. The summed E-state index contributed by atoms with van der Waals surface area (Å²) >= 11 is 5.99. The molecular formula is C17H24ClNO2. The van der Waals surface area contributed by atoms with E-state index in [1.54, 1.807) is 0 Å². The fourth-order valence-electron chi connectivity index (χ4n) is 2.68. The van der Waals surface area contributed by atoms with Crippen molar-refractivity contribution in [3.8, 4) is 0 Å². The molecule has 0 saturated heterocycles. The smallest absolute Gasteiger partial charge is 0.331 e. The zero-order chi connectivity index (χ0) is 15.5. The average Bonchev–Trinajstić information content (AvgIpc) is 3.26. The number of nitrogens with one attached hydrogen (secondary N) is 1. The van der Waals surface area contributed by atoms with E-state index in [4.69, 9.17) is 16.3 Å². The molecule has 1 atom stereocenters. The lowest BCUT2D eigenvalue weighted by atomic mass is 9.84. The van der Waals surface area contributed by atoms with Gasteiger partial charge in [-0.25, -0.2) is 4.79 Å². The molecule has 1 aliphatic rings. The van der Waals surface area contributed by atoms with E-state index in [1.807, 2.05) is 31.2 Å². The van der Waals surface area contributed by atoms with Crippen molar-refractivity contribution in [1.29, 1.82) is 0 Å². The second-order valence-corrected chi connectivity index (χ2v) is 6.52. The molecule has 0 heterocycles. The van der Waals surface area contributed by atoms with Crippen molar-refractivity contribution in [2.75, 3.05) is 13.2 Å². The minimum Gasteiger partial charge on any atom is -0.464 e. The van der Waals surface area contributed by atoms with E-state index in [1.165, 1.54) is 0 Å². The standard InChI is InChI=1S/C17H24ClNO2/c1-4-21-16(20)17(13-5-6-13,19-11-12(2)3)14-7-9-15(18)10-8-14/h7-10,12-13,19H,4-6,11H2,1-3H3. The van der Waals surface area contributed by atoms with Crippen LogP contribution in [0.4, 0.5) is 0 Å². The van der Waals surface area contributed by atoms with Crippen LogP contribution in [0.25, 0.3) is 0 Å². The number of esters is 1. The summed E-state index contributed by atoms with van der Waals surface area (Å²) in [6.07, 6.45) is 2.10. The van der Waals surface area contributed by atoms with Crippen molar-refractivity contribution in [3.05, 3.63) is 34.9 Å². The summed E-state index contributed by atoms with van der Waals surface area (Å²) in [6, 6.07) is 7.55. The third-order valence-electron chi connectivity index (χ3n) is 3.88. The van der Waals surface area contributed by atoms with Gasteiger partial charge in [-0.3, -0.25) is 5.32 Å². The van der Waals surface area contributed by atoms with E-state index in [0.717, 1.165) is 24.9 Å². The zero-order valence-corrected chi connectivity index (χ0v) is 13.7. The van der Waals surface area contributed by atoms with Gasteiger partial charge in [-0.2, -0.15) is 0 Å². The summed E-state index contributed by atoms with van der Waals surface area (Å²) in [5.74, 6) is 0.594. The molecule has 0 spiro atoms. The molecule has 3 nitrogen and oxygen atoms in total. The lowest BCUT2D eigenvalue weighted by molar-refractivity contribution is -0.153. The van der Waals surface area contributed by atoms with Crippen LogP contribution in [0, 0.1) is 11.8 Å². The van der Waals surface area contributed by atoms with Gasteiger partial charge in [0.05, 0.1) is 6.61 Å². The maximum absolute atomic E-state index is 12.7. The monoisotopic (exact) mass is 309 g/mol. The molecule has 1 aliphatic carbocycles. The molecule has 0 aliphatic heterocycles. The summed E-state index contributed by atoms with van der Waals surface area (Å²) in [7, 11) is 0. The first-order valence-corrected chi connectivity index (χ1v) is 8.06. The number of rotatable bonds is 7. The van der Waals surface area contributed by atoms with Gasteiger partial charge in [-0.15, -0.1) is 0 Å². The summed E-state index contributed by atoms with van der Waals surface area (Å²) in [6.45, 7) is 7.29. The molecule has 1 saturated carbocycles. The second-order valence-electron chi connectivity index (χ2n) is 6.08. The van der Waals surface area contributed by atoms with Gasteiger partial charge in [0.25, 0.3) is 0 Å². The molecule has 21 heavy (non-hydrogen) atoms. The molecule has 116 valence electrons. The Morgan fingerprint density at radius 2 is 2.00 bits per heavy atom. The number of carbonyl (C=O) groups excluding carboxylic acids is 1. The highest BCUT2D eigenvalue weighted by molar-refractivity contribution is 6.30. The Morgan fingerprint density at radius 3 is 2.48 bits per heavy atom. The maximum atomic E-state index is 12.7. The van der Waals surface area contributed by atoms with Gasteiger partial charge in [0.1, 0.15) is 5.54 Å². The highest BCUT2D eigenvalue weighted by Crippen LogP contribution is 2.47. The fourth-order valence-corrected chi connectivity index (χ4v) is 2.80. The normalized spacial score (nSPS) is 17.6. The molecule has 4 heteroatoms. The van der Waals surface area contributed by atoms with Crippen LogP contribution in [0.15, 0.2) is 24.3 Å². The Morgan fingerprint density at radius 1 is 1.38 bits per heavy atom. The summed E-state index contributed by atoms with van der Waals surface area (Å²) in [5.41, 5.74) is 0.221. The van der Waals surface area contributed by atoms with E-state index in [2.05, 4.69) is 19.2 Å². The molecule has 1 N–H and O–H groups in total. The van der Waals surface area contributed by atoms with Gasteiger partial charge >= 0.3 is 5.97 Å². The van der Waals surface area contributed by atoms with Crippen molar-refractivity contribution >= 4 is 17.6 Å². The third kappa shape index (κ3) is 3.58. The zero-order valence-electron chi connectivity index (χ0n) is 13.0. The van der Waals surface area contributed by atoms with E-state index < -0.39 is 5.54 Å². The van der Waals surface area contributed by atoms with Crippen LogP contribution in [0.2, 0.25) is 5.02 Å². The fraction of sp³-hybridized carbons (Fsp3) is 0.588. The first-order valence-electron chi connectivity index (χ1n) is 7.69. The van der Waals surface area contributed by atoms with E-state index in [9.17, 15) is 4.79 Å². The van der Waals surface area contributed by atoms with E-state index in [0.29, 0.717) is 23.5 Å². The lowest BCUT2D eigenvalue weighted by Gasteiger charge is -2.34. The summed E-state index contributed by atoms with van der Waals surface area (Å²) < 4.78 is 5.39. The summed E-state index contributed by atoms with van der Waals surface area (Å²) in [4.78, 5) is 12.7. The van der Waals surface area contributed by atoms with Gasteiger partial charge in [0.15, 0.2) is 0 Å². The van der Waals surface area contributed by atoms with Gasteiger partial charge in [0.2, 0.25) is 0 Å². The molecule has 0 aromatic heterocycles. The lowest BCUT2D eigenvalue weighted by Crippen LogP contribution is -2.53. The number of carbonyl (C=O) groups is 1. The maximum Gasteiger partial charge on any atom is 0.331 e. The predicted molar refractivity (Wildman–Crippen MR) is 85.3 cm³/mol. The highest BCUT2D eigenvalue weighted by atomic mass is 35.5. The molecule has 1 aromatic rings. The van der Waals surface area contributed by atoms with Crippen LogP contribution in [-0.4, -0.2) is 19.1 Å². The molecule has 0 amide bonds. The third-order valence-corrected chi connectivity index (χ3v) is 4.13. The molecule has 0 radical (unpaired) electrons. The number of ether oxygens (including phenoxy) is 1. The minimum atomic E-state index is -0.731. The van der Waals surface area contributed by atoms with Crippen molar-refractivity contribution in [2.45, 2.75) is 39.2 Å². The first-order chi connectivity index (χ1) is 10.0. The molecule has 0 bridgehead atoms. The Labute approximate surface area is 132 Å². The Kier molecular flexibility index (Phi) is 5.28. The van der Waals surface area contributed by atoms with Crippen LogP contribution in [0.1, 0.15) is 39.2 Å². The second kappa shape index (κ2) is 6.80.